The zero-order valence-electron chi connectivity index (χ0n) is 15.3. The lowest BCUT2D eigenvalue weighted by Gasteiger charge is -2.29. The van der Waals surface area contributed by atoms with Crippen molar-refractivity contribution >= 4 is 17.7 Å². The van der Waals surface area contributed by atoms with E-state index in [2.05, 4.69) is 10.2 Å². The Morgan fingerprint density at radius 1 is 1.00 bits per heavy atom. The van der Waals surface area contributed by atoms with Gasteiger partial charge in [-0.05, 0) is 48.7 Å². The molecule has 2 heterocycles. The van der Waals surface area contributed by atoms with E-state index in [1.165, 1.54) is 17.8 Å². The van der Waals surface area contributed by atoms with Gasteiger partial charge in [-0.3, -0.25) is 4.79 Å². The second kappa shape index (κ2) is 8.56. The van der Waals surface area contributed by atoms with Crippen LogP contribution in [0, 0.1) is 5.82 Å². The van der Waals surface area contributed by atoms with Gasteiger partial charge in [0.15, 0.2) is 0 Å². The maximum Gasteiger partial charge on any atom is 0.277 e. The van der Waals surface area contributed by atoms with Crippen molar-refractivity contribution < 1.29 is 13.6 Å². The molecule has 5 nitrogen and oxygen atoms in total. The van der Waals surface area contributed by atoms with Crippen LogP contribution in [-0.2, 0) is 4.79 Å². The number of rotatable bonds is 5. The highest BCUT2D eigenvalue weighted by molar-refractivity contribution is 8.00. The number of hydrogen-bond acceptors (Lipinski definition) is 5. The molecule has 3 aromatic rings. The fourth-order valence-corrected chi connectivity index (χ4v) is 4.23. The second-order valence-corrected chi connectivity index (χ2v) is 7.70. The van der Waals surface area contributed by atoms with E-state index in [1.807, 2.05) is 35.2 Å². The monoisotopic (exact) mass is 397 g/mol. The zero-order valence-corrected chi connectivity index (χ0v) is 16.1. The molecule has 0 saturated carbocycles. The van der Waals surface area contributed by atoms with E-state index in [1.54, 1.807) is 18.2 Å². The van der Waals surface area contributed by atoms with Crippen molar-refractivity contribution in [1.29, 1.82) is 0 Å². The molecule has 0 spiro atoms. The number of carbonyl (C=O) groups excluding carboxylic acids is 1. The van der Waals surface area contributed by atoms with E-state index in [9.17, 15) is 9.18 Å². The molecule has 0 N–H and O–H groups in total. The summed E-state index contributed by atoms with van der Waals surface area (Å²) in [6.07, 6.45) is 3.20. The van der Waals surface area contributed by atoms with Crippen LogP contribution in [0.5, 0.6) is 0 Å². The van der Waals surface area contributed by atoms with E-state index < -0.39 is 11.1 Å². The van der Waals surface area contributed by atoms with Crippen molar-refractivity contribution in [3.8, 4) is 11.5 Å². The molecule has 28 heavy (non-hydrogen) atoms. The molecule has 144 valence electrons. The largest absolute Gasteiger partial charge is 0.411 e. The summed E-state index contributed by atoms with van der Waals surface area (Å²) in [6, 6.07) is 15.8. The summed E-state index contributed by atoms with van der Waals surface area (Å²) in [7, 11) is 0. The van der Waals surface area contributed by atoms with Crippen LogP contribution < -0.4 is 0 Å². The van der Waals surface area contributed by atoms with E-state index in [0.717, 1.165) is 37.9 Å². The Kier molecular flexibility index (Phi) is 5.71. The molecule has 0 unspecified atom stereocenters. The van der Waals surface area contributed by atoms with Gasteiger partial charge in [0, 0.05) is 13.1 Å². The van der Waals surface area contributed by atoms with Gasteiger partial charge in [-0.15, -0.1) is 10.2 Å². The summed E-state index contributed by atoms with van der Waals surface area (Å²) in [6.45, 7) is 1.54. The first-order valence-electron chi connectivity index (χ1n) is 9.31. The van der Waals surface area contributed by atoms with Crippen molar-refractivity contribution in [2.45, 2.75) is 29.7 Å². The van der Waals surface area contributed by atoms with E-state index in [0.29, 0.717) is 0 Å². The Hall–Kier alpha value is -2.67. The van der Waals surface area contributed by atoms with Crippen LogP contribution in [0.25, 0.3) is 11.5 Å². The Balaban J connectivity index is 1.59. The van der Waals surface area contributed by atoms with Gasteiger partial charge < -0.3 is 9.32 Å². The van der Waals surface area contributed by atoms with Crippen LogP contribution in [0.15, 0.2) is 64.2 Å². The molecule has 2 aromatic carbocycles. The van der Waals surface area contributed by atoms with Gasteiger partial charge in [0.25, 0.3) is 11.1 Å². The van der Waals surface area contributed by atoms with Crippen LogP contribution in [0.1, 0.15) is 30.1 Å². The summed E-state index contributed by atoms with van der Waals surface area (Å²) in [4.78, 5) is 15.1. The average Bonchev–Trinajstić information content (AvgIpc) is 3.21. The predicted molar refractivity (Wildman–Crippen MR) is 105 cm³/mol. The molecular weight excluding hydrogens is 377 g/mol. The molecule has 7 heteroatoms. The maximum absolute atomic E-state index is 14.0. The molecule has 4 rings (SSSR count). The molecule has 1 atom stereocenters. The average molecular weight is 397 g/mol. The first kappa shape index (κ1) is 18.7. The summed E-state index contributed by atoms with van der Waals surface area (Å²) in [5.74, 6) is -0.272. The third kappa shape index (κ3) is 4.09. The van der Waals surface area contributed by atoms with Crippen molar-refractivity contribution in [2.75, 3.05) is 13.1 Å². The molecule has 0 aliphatic carbocycles. The van der Waals surface area contributed by atoms with Gasteiger partial charge in [0.2, 0.25) is 5.91 Å². The topological polar surface area (TPSA) is 59.2 Å². The minimum absolute atomic E-state index is 0.0431. The van der Waals surface area contributed by atoms with Crippen LogP contribution >= 0.6 is 11.8 Å². The minimum Gasteiger partial charge on any atom is -0.411 e. The third-order valence-corrected chi connectivity index (χ3v) is 5.80. The lowest BCUT2D eigenvalue weighted by molar-refractivity contribution is -0.131. The Morgan fingerprint density at radius 2 is 1.71 bits per heavy atom. The number of aromatic nitrogens is 2. The standard InChI is InChI=1S/C21H20FN3O2S/c22-17-12-6-5-11-16(17)19-23-24-21(27-19)28-18(15-9-3-1-4-10-15)20(26)25-13-7-2-8-14-25/h1,3-6,9-12,18H,2,7-8,13-14H2/t18-/m1/s1. The molecule has 0 radical (unpaired) electrons. The lowest BCUT2D eigenvalue weighted by Crippen LogP contribution is -2.38. The molecule has 1 aromatic heterocycles. The van der Waals surface area contributed by atoms with Gasteiger partial charge >= 0.3 is 0 Å². The summed E-state index contributed by atoms with van der Waals surface area (Å²) < 4.78 is 19.7. The smallest absolute Gasteiger partial charge is 0.277 e. The second-order valence-electron chi connectivity index (χ2n) is 6.65. The van der Waals surface area contributed by atoms with Crippen LogP contribution in [0.3, 0.4) is 0 Å². The van der Waals surface area contributed by atoms with Crippen molar-refractivity contribution in [3.05, 3.63) is 66.0 Å². The normalized spacial score (nSPS) is 15.4. The number of halogens is 1. The fraction of sp³-hybridized carbons (Fsp3) is 0.286. The highest BCUT2D eigenvalue weighted by Gasteiger charge is 2.30. The van der Waals surface area contributed by atoms with E-state index in [-0.39, 0.29) is 22.6 Å². The Labute approximate surface area is 167 Å². The van der Waals surface area contributed by atoms with Crippen molar-refractivity contribution in [3.63, 3.8) is 0 Å². The van der Waals surface area contributed by atoms with Crippen LogP contribution in [-0.4, -0.2) is 34.1 Å². The number of amides is 1. The van der Waals surface area contributed by atoms with Crippen molar-refractivity contribution in [1.82, 2.24) is 15.1 Å². The van der Waals surface area contributed by atoms with Gasteiger partial charge in [-0.1, -0.05) is 42.5 Å². The first-order valence-corrected chi connectivity index (χ1v) is 10.2. The highest BCUT2D eigenvalue weighted by atomic mass is 32.2. The third-order valence-electron chi connectivity index (χ3n) is 4.72. The van der Waals surface area contributed by atoms with Gasteiger partial charge in [-0.25, -0.2) is 4.39 Å². The first-order chi connectivity index (χ1) is 13.7. The molecular formula is C21H20FN3O2S. The lowest BCUT2D eigenvalue weighted by atomic mass is 10.1. The molecule has 1 aliphatic heterocycles. The zero-order chi connectivity index (χ0) is 19.3. The number of likely N-dealkylation sites (tertiary alicyclic amines) is 1. The minimum atomic E-state index is -0.478. The van der Waals surface area contributed by atoms with Gasteiger partial charge in [0.1, 0.15) is 11.1 Å². The van der Waals surface area contributed by atoms with Gasteiger partial charge in [-0.2, -0.15) is 0 Å². The number of hydrogen-bond donors (Lipinski definition) is 0. The van der Waals surface area contributed by atoms with E-state index >= 15 is 0 Å². The van der Waals surface area contributed by atoms with Gasteiger partial charge in [0.05, 0.1) is 5.56 Å². The fourth-order valence-electron chi connectivity index (χ4n) is 3.27. The summed E-state index contributed by atoms with van der Waals surface area (Å²) >= 11 is 1.21. The molecule has 1 amide bonds. The summed E-state index contributed by atoms with van der Waals surface area (Å²) in [5, 5.41) is 7.77. The van der Waals surface area contributed by atoms with Crippen molar-refractivity contribution in [2.24, 2.45) is 0 Å². The van der Waals surface area contributed by atoms with E-state index in [4.69, 9.17) is 4.42 Å². The Morgan fingerprint density at radius 3 is 2.46 bits per heavy atom. The molecule has 0 bridgehead atoms. The maximum atomic E-state index is 14.0. The Bertz CT molecular complexity index is 942. The highest BCUT2D eigenvalue weighted by Crippen LogP contribution is 2.37. The number of nitrogens with zero attached hydrogens (tertiary/aromatic N) is 3. The molecule has 1 fully saturated rings. The number of thioether (sulfide) groups is 1. The number of piperidine rings is 1. The van der Waals surface area contributed by atoms with Crippen LogP contribution in [0.4, 0.5) is 4.39 Å². The number of carbonyl (C=O) groups is 1. The quantitative estimate of drug-likeness (QED) is 0.583. The predicted octanol–water partition coefficient (Wildman–Crippen LogP) is 4.72. The number of benzene rings is 2. The molecule has 1 aliphatic rings. The summed E-state index contributed by atoms with van der Waals surface area (Å²) in [5.41, 5.74) is 1.13. The molecule has 1 saturated heterocycles. The van der Waals surface area contributed by atoms with Crippen LogP contribution in [0.2, 0.25) is 0 Å². The SMILES string of the molecule is O=C([C@H](Sc1nnc(-c2ccccc2F)o1)c1ccccc1)N1CCCCC1.